The molecule has 1 aliphatic heterocycles. The van der Waals surface area contributed by atoms with E-state index < -0.39 is 6.16 Å². The largest absolute Gasteiger partial charge is 0.515 e. The van der Waals surface area contributed by atoms with E-state index in [4.69, 9.17) is 21.7 Å². The highest BCUT2D eigenvalue weighted by Gasteiger charge is 2.23. The second kappa shape index (κ2) is 5.22. The average Bonchev–Trinajstić information content (AvgIpc) is 3.00. The van der Waals surface area contributed by atoms with E-state index in [0.29, 0.717) is 11.5 Å². The van der Waals surface area contributed by atoms with Gasteiger partial charge < -0.3 is 14.8 Å². The number of carbonyl (C=O) groups excluding carboxylic acids is 1. The zero-order valence-electron chi connectivity index (χ0n) is 10.6. The van der Waals surface area contributed by atoms with Crippen LogP contribution in [0.15, 0.2) is 17.8 Å². The monoisotopic (exact) mass is 309 g/mol. The van der Waals surface area contributed by atoms with E-state index in [1.807, 2.05) is 16.0 Å². The predicted octanol–water partition coefficient (Wildman–Crippen LogP) is 2.25. The van der Waals surface area contributed by atoms with E-state index in [1.54, 1.807) is 24.6 Å². The third-order valence-corrected chi connectivity index (χ3v) is 4.20. The Kier molecular flexibility index (Phi) is 3.41. The summed E-state index contributed by atoms with van der Waals surface area (Å²) < 4.78 is 11.7. The molecular weight excluding hydrogens is 298 g/mol. The lowest BCUT2D eigenvalue weighted by atomic mass is 10.4. The van der Waals surface area contributed by atoms with Crippen LogP contribution in [0.5, 0.6) is 5.88 Å². The van der Waals surface area contributed by atoms with Gasteiger partial charge in [0.15, 0.2) is 0 Å². The maximum absolute atomic E-state index is 11.4. The molecule has 0 aliphatic carbocycles. The number of hydrogen-bond donors (Lipinski definition) is 1. The average molecular weight is 309 g/mol. The van der Waals surface area contributed by atoms with Gasteiger partial charge in [-0.25, -0.2) is 9.78 Å². The predicted molar refractivity (Wildman–Crippen MR) is 77.6 cm³/mol. The number of carbonyl (C=O) groups is 1. The van der Waals surface area contributed by atoms with E-state index in [1.165, 1.54) is 0 Å². The van der Waals surface area contributed by atoms with Crippen LogP contribution in [0.1, 0.15) is 17.5 Å². The van der Waals surface area contributed by atoms with Gasteiger partial charge in [-0.05, 0) is 18.4 Å². The van der Waals surface area contributed by atoms with E-state index in [-0.39, 0.29) is 12.5 Å². The molecule has 0 aromatic carbocycles. The van der Waals surface area contributed by atoms with Crippen LogP contribution in [-0.4, -0.2) is 27.3 Å². The molecule has 8 heteroatoms. The Labute approximate surface area is 124 Å². The molecule has 0 radical (unpaired) electrons. The molecule has 3 heterocycles. The van der Waals surface area contributed by atoms with Crippen molar-refractivity contribution in [3.05, 3.63) is 28.3 Å². The van der Waals surface area contributed by atoms with Gasteiger partial charge in [0.2, 0.25) is 5.88 Å². The number of aromatic nitrogens is 2. The lowest BCUT2D eigenvalue weighted by molar-refractivity contribution is 0.102. The van der Waals surface area contributed by atoms with Gasteiger partial charge in [-0.3, -0.25) is 4.57 Å². The van der Waals surface area contributed by atoms with Crippen LogP contribution in [-0.2, 0) is 11.3 Å². The Morgan fingerprint density at radius 1 is 1.65 bits per heavy atom. The molecule has 0 spiro atoms. The lowest BCUT2D eigenvalue weighted by Gasteiger charge is -2.06. The minimum absolute atomic E-state index is 0.234. The second-order valence-corrected chi connectivity index (χ2v) is 5.29. The van der Waals surface area contributed by atoms with Crippen molar-refractivity contribution in [2.75, 3.05) is 6.61 Å². The first-order valence-electron chi connectivity index (χ1n) is 5.97. The van der Waals surface area contributed by atoms with E-state index in [0.717, 1.165) is 16.3 Å². The third-order valence-electron chi connectivity index (χ3n) is 2.80. The van der Waals surface area contributed by atoms with Crippen molar-refractivity contribution in [1.29, 1.82) is 0 Å². The quantitative estimate of drug-likeness (QED) is 0.678. The minimum atomic E-state index is -0.758. The number of ether oxygens (including phenoxy) is 2. The molecule has 104 valence electrons. The molecule has 2 aromatic heterocycles. The molecule has 6 nitrogen and oxygen atoms in total. The van der Waals surface area contributed by atoms with Crippen LogP contribution in [0.3, 0.4) is 0 Å². The number of nitrogens with one attached hydrogen (secondary N) is 1. The highest BCUT2D eigenvalue weighted by atomic mass is 32.1. The number of imidazole rings is 1. The third kappa shape index (κ3) is 2.16. The molecule has 0 saturated heterocycles. The Hall–Kier alpha value is -1.93. The Bertz CT molecular complexity index is 677. The summed E-state index contributed by atoms with van der Waals surface area (Å²) in [5.41, 5.74) is 1.67. The summed E-state index contributed by atoms with van der Waals surface area (Å²) in [7, 11) is 0. The van der Waals surface area contributed by atoms with Crippen LogP contribution in [0.25, 0.3) is 5.69 Å². The van der Waals surface area contributed by atoms with Crippen molar-refractivity contribution < 1.29 is 14.3 Å². The number of fused-ring (bicyclic) bond motifs is 3. The summed E-state index contributed by atoms with van der Waals surface area (Å²) in [6, 6.07) is 1.96. The van der Waals surface area contributed by atoms with Gasteiger partial charge in [0.1, 0.15) is 17.0 Å². The van der Waals surface area contributed by atoms with Gasteiger partial charge in [0.05, 0.1) is 23.7 Å². The molecule has 0 fully saturated rings. The molecule has 1 N–H and O–H groups in total. The number of hydrogen-bond acceptors (Lipinski definition) is 6. The first-order chi connectivity index (χ1) is 9.70. The summed E-state index contributed by atoms with van der Waals surface area (Å²) in [5.74, 6) is 0.234. The highest BCUT2D eigenvalue weighted by molar-refractivity contribution is 7.81. The zero-order valence-corrected chi connectivity index (χ0v) is 12.2. The fourth-order valence-electron chi connectivity index (χ4n) is 1.94. The SMILES string of the molecule is CCOC(=O)Oc1ncn2c1CNC(=S)c1sccc1-2. The molecule has 0 saturated carbocycles. The van der Waals surface area contributed by atoms with Crippen molar-refractivity contribution in [2.24, 2.45) is 0 Å². The molecular formula is C12H11N3O3S2. The molecule has 1 aliphatic rings. The summed E-state index contributed by atoms with van der Waals surface area (Å²) >= 11 is 6.88. The number of rotatable bonds is 2. The minimum Gasteiger partial charge on any atom is -0.434 e. The Morgan fingerprint density at radius 2 is 2.50 bits per heavy atom. The van der Waals surface area contributed by atoms with Crippen LogP contribution in [0, 0.1) is 0 Å². The van der Waals surface area contributed by atoms with Gasteiger partial charge in [-0.15, -0.1) is 11.3 Å². The van der Waals surface area contributed by atoms with Crippen molar-refractivity contribution in [1.82, 2.24) is 14.9 Å². The van der Waals surface area contributed by atoms with Gasteiger partial charge in [0.25, 0.3) is 0 Å². The molecule has 2 aromatic rings. The van der Waals surface area contributed by atoms with Crippen molar-refractivity contribution in [3.8, 4) is 11.6 Å². The fraction of sp³-hybridized carbons (Fsp3) is 0.250. The summed E-state index contributed by atoms with van der Waals surface area (Å²) in [4.78, 5) is 17.2. The van der Waals surface area contributed by atoms with Gasteiger partial charge in [-0.1, -0.05) is 12.2 Å². The second-order valence-electron chi connectivity index (χ2n) is 3.97. The number of thiophene rings is 1. The molecule has 0 atom stereocenters. The van der Waals surface area contributed by atoms with Crippen LogP contribution in [0.4, 0.5) is 4.79 Å². The van der Waals surface area contributed by atoms with Crippen LogP contribution >= 0.6 is 23.6 Å². The van der Waals surface area contributed by atoms with Gasteiger partial charge >= 0.3 is 6.16 Å². The number of nitrogens with zero attached hydrogens (tertiary/aromatic N) is 2. The summed E-state index contributed by atoms with van der Waals surface area (Å²) in [6.45, 7) is 2.41. The maximum Gasteiger partial charge on any atom is 0.515 e. The Morgan fingerprint density at radius 3 is 3.30 bits per heavy atom. The fourth-order valence-corrected chi connectivity index (χ4v) is 3.06. The van der Waals surface area contributed by atoms with Crippen molar-refractivity contribution >= 4 is 34.7 Å². The first-order valence-corrected chi connectivity index (χ1v) is 7.26. The summed E-state index contributed by atoms with van der Waals surface area (Å²) in [6.07, 6.45) is 0.858. The van der Waals surface area contributed by atoms with Crippen molar-refractivity contribution in [3.63, 3.8) is 0 Å². The first kappa shape index (κ1) is 13.1. The molecule has 3 rings (SSSR count). The normalized spacial score (nSPS) is 12.9. The molecule has 0 unspecified atom stereocenters. The maximum atomic E-state index is 11.4. The van der Waals surface area contributed by atoms with Gasteiger partial charge in [0, 0.05) is 0 Å². The Balaban J connectivity index is 1.98. The van der Waals surface area contributed by atoms with E-state index in [2.05, 4.69) is 10.3 Å². The smallest absolute Gasteiger partial charge is 0.434 e. The van der Waals surface area contributed by atoms with Gasteiger partial charge in [-0.2, -0.15) is 0 Å². The molecule has 20 heavy (non-hydrogen) atoms. The van der Waals surface area contributed by atoms with E-state index >= 15 is 0 Å². The topological polar surface area (TPSA) is 65.4 Å². The summed E-state index contributed by atoms with van der Waals surface area (Å²) in [5, 5.41) is 5.08. The number of thiocarbonyl (C=S) groups is 1. The van der Waals surface area contributed by atoms with Crippen LogP contribution in [0.2, 0.25) is 0 Å². The van der Waals surface area contributed by atoms with Crippen LogP contribution < -0.4 is 10.1 Å². The molecule has 0 bridgehead atoms. The highest BCUT2D eigenvalue weighted by Crippen LogP contribution is 2.29. The molecule has 0 amide bonds. The lowest BCUT2D eigenvalue weighted by Crippen LogP contribution is -2.20. The zero-order chi connectivity index (χ0) is 14.1. The standard InChI is InChI=1S/C12H11N3O3S2/c1-2-17-12(16)18-10-8-5-13-11(19)9-7(3-4-20-9)15(8)6-14-10/h3-4,6H,2,5H2,1H3,(H,13,19). The van der Waals surface area contributed by atoms with Crippen molar-refractivity contribution in [2.45, 2.75) is 13.5 Å². The van der Waals surface area contributed by atoms with E-state index in [9.17, 15) is 4.79 Å².